The Morgan fingerprint density at radius 1 is 1.07 bits per heavy atom. The van der Waals surface area contributed by atoms with Crippen LogP contribution in [0, 0.1) is 46.3 Å². The molecule has 1 heteroatoms. The first-order valence-electron chi connectivity index (χ1n) is 12.6. The fourth-order valence-electron chi connectivity index (χ4n) is 8.74. The third-order valence-corrected chi connectivity index (χ3v) is 10.6. The maximum atomic E-state index is 7.17. The van der Waals surface area contributed by atoms with E-state index in [1.165, 1.54) is 70.6 Å². The topological polar surface area (TPSA) is 0 Å². The van der Waals surface area contributed by atoms with Crippen molar-refractivity contribution in [3.8, 4) is 0 Å². The number of allylic oxidation sites excluding steroid dienone is 2. The standard InChI is InChI=1S/C27H45Cl/c1-18(2)9-8-10-19(3)25-24(28)17-23-21-13-12-20-11-6-7-15-26(20,4)22(21)14-16-27(23,25)5/h12,18-19,21-25H,6-11,13-17H2,1-5H3/t19-,21-,22+,23+,24?,25+,26+,27+/m1/s1. The van der Waals surface area contributed by atoms with Gasteiger partial charge in [0, 0.05) is 5.38 Å². The lowest BCUT2D eigenvalue weighted by Gasteiger charge is -2.58. The van der Waals surface area contributed by atoms with Crippen molar-refractivity contribution in [1.29, 1.82) is 0 Å². The Labute approximate surface area is 180 Å². The number of alkyl halides is 1. The minimum Gasteiger partial charge on any atom is -0.123 e. The van der Waals surface area contributed by atoms with Crippen molar-refractivity contribution in [3.05, 3.63) is 11.6 Å². The van der Waals surface area contributed by atoms with E-state index in [1.54, 1.807) is 0 Å². The van der Waals surface area contributed by atoms with E-state index in [-0.39, 0.29) is 0 Å². The maximum absolute atomic E-state index is 7.17. The highest BCUT2D eigenvalue weighted by molar-refractivity contribution is 6.21. The molecule has 0 nitrogen and oxygen atoms in total. The highest BCUT2D eigenvalue weighted by Crippen LogP contribution is 2.68. The summed E-state index contributed by atoms with van der Waals surface area (Å²) in [6.07, 6.45) is 18.1. The summed E-state index contributed by atoms with van der Waals surface area (Å²) in [5.41, 5.74) is 2.84. The van der Waals surface area contributed by atoms with Crippen LogP contribution in [-0.4, -0.2) is 5.38 Å². The van der Waals surface area contributed by atoms with Gasteiger partial charge in [-0.25, -0.2) is 0 Å². The highest BCUT2D eigenvalue weighted by Gasteiger charge is 2.61. The van der Waals surface area contributed by atoms with Crippen molar-refractivity contribution in [2.45, 2.75) is 111 Å². The third kappa shape index (κ3) is 3.42. The van der Waals surface area contributed by atoms with Gasteiger partial charge in [0.1, 0.15) is 0 Å². The monoisotopic (exact) mass is 404 g/mol. The van der Waals surface area contributed by atoms with Crippen molar-refractivity contribution >= 4 is 11.6 Å². The predicted octanol–water partition coefficient (Wildman–Crippen LogP) is 8.64. The lowest BCUT2D eigenvalue weighted by Crippen LogP contribution is -2.50. The molecule has 0 saturated heterocycles. The zero-order chi connectivity index (χ0) is 20.1. The molecule has 4 rings (SSSR count). The first-order chi connectivity index (χ1) is 13.3. The Bertz CT molecular complexity index is 591. The number of fused-ring (bicyclic) bond motifs is 5. The summed E-state index contributed by atoms with van der Waals surface area (Å²) >= 11 is 7.17. The van der Waals surface area contributed by atoms with E-state index in [0.717, 1.165) is 35.5 Å². The fourth-order valence-corrected chi connectivity index (χ4v) is 9.47. The van der Waals surface area contributed by atoms with E-state index in [1.807, 2.05) is 5.57 Å². The van der Waals surface area contributed by atoms with E-state index in [4.69, 9.17) is 11.6 Å². The molecule has 0 spiro atoms. The molecule has 4 aliphatic carbocycles. The molecule has 0 aliphatic heterocycles. The van der Waals surface area contributed by atoms with Crippen molar-refractivity contribution in [1.82, 2.24) is 0 Å². The molecule has 3 saturated carbocycles. The van der Waals surface area contributed by atoms with Crippen LogP contribution in [0.15, 0.2) is 11.6 Å². The molecule has 0 amide bonds. The van der Waals surface area contributed by atoms with Crippen LogP contribution < -0.4 is 0 Å². The zero-order valence-corrected chi connectivity index (χ0v) is 20.0. The fraction of sp³-hybridized carbons (Fsp3) is 0.926. The lowest BCUT2D eigenvalue weighted by molar-refractivity contribution is -0.0499. The third-order valence-electron chi connectivity index (χ3n) is 10.1. The van der Waals surface area contributed by atoms with E-state index in [2.05, 4.69) is 40.7 Å². The zero-order valence-electron chi connectivity index (χ0n) is 19.3. The van der Waals surface area contributed by atoms with Gasteiger partial charge in [-0.3, -0.25) is 0 Å². The first kappa shape index (κ1) is 21.3. The van der Waals surface area contributed by atoms with Gasteiger partial charge >= 0.3 is 0 Å². The Morgan fingerprint density at radius 2 is 1.86 bits per heavy atom. The second-order valence-electron chi connectivity index (χ2n) is 12.1. The minimum absolute atomic E-state index is 0.410. The van der Waals surface area contributed by atoms with Gasteiger partial charge in [-0.05, 0) is 91.3 Å². The van der Waals surface area contributed by atoms with Crippen molar-refractivity contribution in [3.63, 3.8) is 0 Å². The largest absolute Gasteiger partial charge is 0.123 e. The normalized spacial score (nSPS) is 46.5. The molecule has 0 N–H and O–H groups in total. The molecule has 3 fully saturated rings. The van der Waals surface area contributed by atoms with Gasteiger partial charge in [0.25, 0.3) is 0 Å². The summed E-state index contributed by atoms with van der Waals surface area (Å²) in [7, 11) is 0. The van der Waals surface area contributed by atoms with Crippen LogP contribution in [0.5, 0.6) is 0 Å². The smallest absolute Gasteiger partial charge is 0.0375 e. The molecule has 1 unspecified atom stereocenters. The van der Waals surface area contributed by atoms with Crippen LogP contribution in [0.25, 0.3) is 0 Å². The van der Waals surface area contributed by atoms with Crippen LogP contribution in [0.3, 0.4) is 0 Å². The number of hydrogen-bond donors (Lipinski definition) is 0. The highest BCUT2D eigenvalue weighted by atomic mass is 35.5. The number of halogens is 1. The number of rotatable bonds is 5. The van der Waals surface area contributed by atoms with Crippen LogP contribution >= 0.6 is 11.6 Å². The van der Waals surface area contributed by atoms with Gasteiger partial charge in [0.05, 0.1) is 0 Å². The van der Waals surface area contributed by atoms with Crippen LogP contribution in [0.2, 0.25) is 0 Å². The Balaban J connectivity index is 1.53. The van der Waals surface area contributed by atoms with E-state index < -0.39 is 0 Å². The molecule has 0 heterocycles. The van der Waals surface area contributed by atoms with Gasteiger partial charge in [-0.15, -0.1) is 11.6 Å². The molecule has 8 atom stereocenters. The Hall–Kier alpha value is 0.0300. The molecular formula is C27H45Cl. The van der Waals surface area contributed by atoms with Crippen LogP contribution in [-0.2, 0) is 0 Å². The van der Waals surface area contributed by atoms with Crippen molar-refractivity contribution in [2.24, 2.45) is 46.3 Å². The molecule has 0 bridgehead atoms. The molecule has 4 aliphatic rings. The van der Waals surface area contributed by atoms with E-state index >= 15 is 0 Å². The number of hydrogen-bond acceptors (Lipinski definition) is 0. The second kappa shape index (κ2) is 7.94. The van der Waals surface area contributed by atoms with Gasteiger partial charge in [-0.2, -0.15) is 0 Å². The Morgan fingerprint density at radius 3 is 2.61 bits per heavy atom. The summed E-state index contributed by atoms with van der Waals surface area (Å²) in [6, 6.07) is 0. The molecular weight excluding hydrogens is 360 g/mol. The minimum atomic E-state index is 0.410. The van der Waals surface area contributed by atoms with Gasteiger partial charge in [0.15, 0.2) is 0 Å². The predicted molar refractivity (Wildman–Crippen MR) is 123 cm³/mol. The summed E-state index contributed by atoms with van der Waals surface area (Å²) in [6.45, 7) is 12.5. The average molecular weight is 405 g/mol. The van der Waals surface area contributed by atoms with Gasteiger partial charge in [0.2, 0.25) is 0 Å². The maximum Gasteiger partial charge on any atom is 0.0375 e. The lowest BCUT2D eigenvalue weighted by atomic mass is 9.47. The SMILES string of the molecule is CC(C)CCC[C@@H](C)[C@H]1C(Cl)C[C@H]2[C@@H]3CC=C4CCCC[C@]4(C)[C@H]3CC[C@]12C. The quantitative estimate of drug-likeness (QED) is 0.317. The van der Waals surface area contributed by atoms with E-state index in [9.17, 15) is 0 Å². The second-order valence-corrected chi connectivity index (χ2v) is 12.7. The molecule has 28 heavy (non-hydrogen) atoms. The summed E-state index contributed by atoms with van der Waals surface area (Å²) < 4.78 is 0. The molecule has 160 valence electrons. The summed E-state index contributed by atoms with van der Waals surface area (Å²) in [5.74, 6) is 5.05. The van der Waals surface area contributed by atoms with Gasteiger partial charge < -0.3 is 0 Å². The molecule has 0 aromatic rings. The first-order valence-corrected chi connectivity index (χ1v) is 13.0. The molecule has 0 radical (unpaired) electrons. The van der Waals surface area contributed by atoms with Crippen LogP contribution in [0.1, 0.15) is 105 Å². The Kier molecular flexibility index (Phi) is 6.03. The van der Waals surface area contributed by atoms with Crippen LogP contribution in [0.4, 0.5) is 0 Å². The summed E-state index contributed by atoms with van der Waals surface area (Å²) in [4.78, 5) is 0. The average Bonchev–Trinajstić information content (AvgIpc) is 2.91. The molecule has 0 aromatic carbocycles. The molecule has 0 aromatic heterocycles. The van der Waals surface area contributed by atoms with E-state index in [0.29, 0.717) is 16.2 Å². The van der Waals surface area contributed by atoms with Crippen molar-refractivity contribution < 1.29 is 0 Å². The van der Waals surface area contributed by atoms with Gasteiger partial charge in [-0.1, -0.05) is 72.0 Å². The van der Waals surface area contributed by atoms with Crippen molar-refractivity contribution in [2.75, 3.05) is 0 Å². The summed E-state index contributed by atoms with van der Waals surface area (Å²) in [5, 5.41) is 0.410.